The molecular weight excluding hydrogens is 769 g/mol. The number of para-hydroxylation sites is 3. The van der Waals surface area contributed by atoms with Crippen molar-refractivity contribution >= 4 is 50.2 Å². The first-order chi connectivity index (χ1) is 30.8. The summed E-state index contributed by atoms with van der Waals surface area (Å²) in [6.07, 6.45) is 0. The molecule has 0 unspecified atom stereocenters. The number of nitrogens with zero attached hydrogens (tertiary/aromatic N) is 2. The van der Waals surface area contributed by atoms with Crippen LogP contribution in [0.2, 0.25) is 0 Å². The first-order valence-electron chi connectivity index (χ1n) is 21.3. The highest BCUT2D eigenvalue weighted by atomic mass is 32.1. The normalized spacial score (nSPS) is 12.6. The van der Waals surface area contributed by atoms with Gasteiger partial charge in [-0.05, 0) is 88.0 Å². The Morgan fingerprint density at radius 2 is 0.903 bits per heavy atom. The minimum atomic E-state index is -0.587. The van der Waals surface area contributed by atoms with Crippen molar-refractivity contribution in [2.24, 2.45) is 0 Å². The highest BCUT2D eigenvalue weighted by Crippen LogP contribution is 2.64. The summed E-state index contributed by atoms with van der Waals surface area (Å²) < 4.78 is 2.41. The summed E-state index contributed by atoms with van der Waals surface area (Å²) >= 11 is 1.94. The molecule has 0 bridgehead atoms. The lowest BCUT2D eigenvalue weighted by atomic mass is 9.70. The summed E-state index contributed by atoms with van der Waals surface area (Å²) in [4.78, 5) is 5.08. The fourth-order valence-electron chi connectivity index (χ4n) is 10.0. The number of benzene rings is 9. The number of hydrogen-bond donors (Lipinski definition) is 0. The highest BCUT2D eigenvalue weighted by Gasteiger charge is 2.49. The summed E-state index contributed by atoms with van der Waals surface area (Å²) in [6.45, 7) is 0. The van der Waals surface area contributed by atoms with Gasteiger partial charge in [-0.25, -0.2) is 0 Å². The monoisotopic (exact) mass is 808 g/mol. The average Bonchev–Trinajstić information content (AvgIpc) is 3.99. The SMILES string of the molecule is c1ccc(-c2sc3c(c2-c2ccccc2)-c2ccc(N(c4ccccc4)c4ccc5c6ccccc6n(-c6ccccc6)c5c4)cc2C3(c2ccccc2)c2ccccc2)cc1. The molecule has 11 aromatic rings. The van der Waals surface area contributed by atoms with Crippen LogP contribution in [0.1, 0.15) is 21.6 Å². The average molecular weight is 809 g/mol. The van der Waals surface area contributed by atoms with Gasteiger partial charge in [0.1, 0.15) is 0 Å². The van der Waals surface area contributed by atoms with Crippen LogP contribution in [-0.2, 0) is 5.41 Å². The summed E-state index contributed by atoms with van der Waals surface area (Å²) in [5.74, 6) is 0. The lowest BCUT2D eigenvalue weighted by Crippen LogP contribution is -2.28. The maximum absolute atomic E-state index is 2.49. The molecule has 12 rings (SSSR count). The molecule has 0 spiro atoms. The third-order valence-corrected chi connectivity index (χ3v) is 14.0. The minimum Gasteiger partial charge on any atom is -0.310 e. The Hall–Kier alpha value is -7.72. The van der Waals surface area contributed by atoms with E-state index in [0.29, 0.717) is 0 Å². The molecule has 0 fully saturated rings. The molecular formula is C59H40N2S. The van der Waals surface area contributed by atoms with Gasteiger partial charge < -0.3 is 9.47 Å². The second-order valence-electron chi connectivity index (χ2n) is 16.0. The van der Waals surface area contributed by atoms with E-state index in [-0.39, 0.29) is 0 Å². The molecule has 3 heteroatoms. The van der Waals surface area contributed by atoms with Gasteiger partial charge >= 0.3 is 0 Å². The van der Waals surface area contributed by atoms with Crippen molar-refractivity contribution in [1.82, 2.24) is 4.57 Å². The lowest BCUT2D eigenvalue weighted by Gasteiger charge is -2.34. The highest BCUT2D eigenvalue weighted by molar-refractivity contribution is 7.17. The number of hydrogen-bond acceptors (Lipinski definition) is 2. The Balaban J connectivity index is 1.16. The van der Waals surface area contributed by atoms with Crippen LogP contribution in [0.3, 0.4) is 0 Å². The molecule has 62 heavy (non-hydrogen) atoms. The molecule has 1 aliphatic rings. The number of fused-ring (bicyclic) bond motifs is 6. The number of aromatic nitrogens is 1. The molecule has 0 saturated heterocycles. The lowest BCUT2D eigenvalue weighted by molar-refractivity contribution is 0.785. The van der Waals surface area contributed by atoms with E-state index in [1.807, 2.05) is 11.3 Å². The second kappa shape index (κ2) is 14.8. The molecule has 292 valence electrons. The van der Waals surface area contributed by atoms with E-state index in [4.69, 9.17) is 0 Å². The first kappa shape index (κ1) is 36.2. The Kier molecular flexibility index (Phi) is 8.62. The second-order valence-corrected chi connectivity index (χ2v) is 17.0. The van der Waals surface area contributed by atoms with Gasteiger partial charge in [-0.15, -0.1) is 11.3 Å². The molecule has 2 nitrogen and oxygen atoms in total. The Labute approximate surface area is 365 Å². The molecule has 0 saturated carbocycles. The van der Waals surface area contributed by atoms with Gasteiger partial charge in [0.2, 0.25) is 0 Å². The van der Waals surface area contributed by atoms with Crippen molar-refractivity contribution in [3.8, 4) is 38.4 Å². The zero-order valence-electron chi connectivity index (χ0n) is 33.9. The van der Waals surface area contributed by atoms with Gasteiger partial charge in [0.25, 0.3) is 0 Å². The zero-order chi connectivity index (χ0) is 41.0. The topological polar surface area (TPSA) is 8.17 Å². The first-order valence-corrected chi connectivity index (χ1v) is 22.1. The van der Waals surface area contributed by atoms with Crippen LogP contribution >= 0.6 is 11.3 Å². The Morgan fingerprint density at radius 3 is 1.56 bits per heavy atom. The molecule has 0 aliphatic heterocycles. The molecule has 0 atom stereocenters. The maximum Gasteiger partial charge on any atom is 0.0808 e. The predicted molar refractivity (Wildman–Crippen MR) is 262 cm³/mol. The van der Waals surface area contributed by atoms with Gasteiger partial charge in [0.15, 0.2) is 0 Å². The van der Waals surface area contributed by atoms with E-state index in [2.05, 4.69) is 252 Å². The molecule has 1 aliphatic carbocycles. The number of rotatable bonds is 8. The van der Waals surface area contributed by atoms with Crippen LogP contribution in [0.5, 0.6) is 0 Å². The number of anilines is 3. The van der Waals surface area contributed by atoms with Crippen LogP contribution < -0.4 is 4.90 Å². The molecule has 9 aromatic carbocycles. The molecule has 0 radical (unpaired) electrons. The van der Waals surface area contributed by atoms with Gasteiger partial charge in [-0.3, -0.25) is 0 Å². The van der Waals surface area contributed by atoms with Gasteiger partial charge in [-0.2, -0.15) is 0 Å². The molecule has 0 amide bonds. The van der Waals surface area contributed by atoms with Crippen molar-refractivity contribution in [2.45, 2.75) is 5.41 Å². The standard InChI is InChI=1S/C59H40N2S/c1-7-21-41(22-8-1)55-56-51-38-36-47(39-52(51)59(43-25-11-3-12-26-43,44-27-13-4-14-28-44)58(56)62-57(55)42-23-9-2-10-24-42)60(45-29-15-5-16-30-45)48-35-37-50-49-33-19-20-34-53(49)61(54(50)40-48)46-31-17-6-18-32-46/h1-40H. The fraction of sp³-hybridized carbons (Fsp3) is 0.0169. The summed E-state index contributed by atoms with van der Waals surface area (Å²) in [6, 6.07) is 88.8. The van der Waals surface area contributed by atoms with Gasteiger partial charge in [0.05, 0.1) is 16.4 Å². The van der Waals surface area contributed by atoms with E-state index in [0.717, 1.165) is 22.7 Å². The van der Waals surface area contributed by atoms with Crippen LogP contribution in [0.15, 0.2) is 243 Å². The van der Waals surface area contributed by atoms with Crippen molar-refractivity contribution in [2.75, 3.05) is 4.90 Å². The fourth-order valence-corrected chi connectivity index (χ4v) is 11.6. The van der Waals surface area contributed by atoms with Crippen molar-refractivity contribution in [1.29, 1.82) is 0 Å². The van der Waals surface area contributed by atoms with E-state index >= 15 is 0 Å². The van der Waals surface area contributed by atoms with E-state index in [9.17, 15) is 0 Å². The van der Waals surface area contributed by atoms with Crippen LogP contribution in [-0.4, -0.2) is 4.57 Å². The van der Waals surface area contributed by atoms with Gasteiger partial charge in [-0.1, -0.05) is 188 Å². The smallest absolute Gasteiger partial charge is 0.0808 e. The summed E-state index contributed by atoms with van der Waals surface area (Å²) in [5.41, 5.74) is 16.3. The van der Waals surface area contributed by atoms with Crippen LogP contribution in [0, 0.1) is 0 Å². The van der Waals surface area contributed by atoms with E-state index in [1.165, 1.54) is 76.1 Å². The summed E-state index contributed by atoms with van der Waals surface area (Å²) in [5, 5.41) is 2.47. The van der Waals surface area contributed by atoms with E-state index < -0.39 is 5.41 Å². The van der Waals surface area contributed by atoms with Gasteiger partial charge in [0, 0.05) is 54.4 Å². The van der Waals surface area contributed by atoms with Crippen LogP contribution in [0.4, 0.5) is 17.1 Å². The van der Waals surface area contributed by atoms with Crippen molar-refractivity contribution < 1.29 is 0 Å². The third-order valence-electron chi connectivity index (χ3n) is 12.6. The quantitative estimate of drug-likeness (QED) is 0.148. The number of thiophene rings is 1. The largest absolute Gasteiger partial charge is 0.310 e. The summed E-state index contributed by atoms with van der Waals surface area (Å²) in [7, 11) is 0. The third kappa shape index (κ3) is 5.56. The minimum absolute atomic E-state index is 0.587. The molecule has 2 heterocycles. The maximum atomic E-state index is 2.49. The zero-order valence-corrected chi connectivity index (χ0v) is 34.7. The molecule has 2 aromatic heterocycles. The van der Waals surface area contributed by atoms with Crippen LogP contribution in [0.25, 0.3) is 60.2 Å². The predicted octanol–water partition coefficient (Wildman–Crippen LogP) is 16.0. The van der Waals surface area contributed by atoms with Crippen molar-refractivity contribution in [3.63, 3.8) is 0 Å². The molecule has 0 N–H and O–H groups in total. The van der Waals surface area contributed by atoms with Crippen molar-refractivity contribution in [3.05, 3.63) is 264 Å². The van der Waals surface area contributed by atoms with E-state index in [1.54, 1.807) is 0 Å². The Bertz CT molecular complexity index is 3330. The Morgan fingerprint density at radius 1 is 0.387 bits per heavy atom.